The molecule has 2 aromatic rings. The zero-order valence-electron chi connectivity index (χ0n) is 18.2. The van der Waals surface area contributed by atoms with E-state index < -0.39 is 22.5 Å². The van der Waals surface area contributed by atoms with Gasteiger partial charge in [-0.25, -0.2) is 8.78 Å². The fourth-order valence-electron chi connectivity index (χ4n) is 5.51. The lowest BCUT2D eigenvalue weighted by molar-refractivity contribution is -0.148. The molecule has 2 fully saturated rings. The van der Waals surface area contributed by atoms with Crippen LogP contribution in [0.2, 0.25) is 0 Å². The Morgan fingerprint density at radius 2 is 1.94 bits per heavy atom. The maximum absolute atomic E-state index is 14.3. The SMILES string of the molecule is CC1(C)[C@@H](c2cnnc(-c3c(F)cccc3F)c2)CC[C@]1(C)C(=O)N1CCC[C@H]1CO. The molecule has 0 radical (unpaired) electrons. The lowest BCUT2D eigenvalue weighted by Crippen LogP contribution is -2.50. The monoisotopic (exact) mass is 429 g/mol. The Morgan fingerprint density at radius 1 is 1.23 bits per heavy atom. The summed E-state index contributed by atoms with van der Waals surface area (Å²) in [5.74, 6) is -1.29. The molecule has 2 aliphatic rings. The van der Waals surface area contributed by atoms with Crippen LogP contribution in [0.4, 0.5) is 8.78 Å². The molecule has 1 amide bonds. The highest BCUT2D eigenvalue weighted by atomic mass is 19.1. The van der Waals surface area contributed by atoms with Crippen LogP contribution in [0.3, 0.4) is 0 Å². The van der Waals surface area contributed by atoms with E-state index >= 15 is 0 Å². The van der Waals surface area contributed by atoms with Crippen molar-refractivity contribution in [3.05, 3.63) is 47.7 Å². The highest BCUT2D eigenvalue weighted by molar-refractivity contribution is 5.84. The summed E-state index contributed by atoms with van der Waals surface area (Å²) in [6.07, 6.45) is 4.83. The van der Waals surface area contributed by atoms with Gasteiger partial charge in [-0.05, 0) is 60.8 Å². The zero-order valence-corrected chi connectivity index (χ0v) is 18.2. The number of carbonyl (C=O) groups excluding carboxylic acids is 1. The van der Waals surface area contributed by atoms with Crippen LogP contribution in [-0.4, -0.2) is 45.3 Å². The molecule has 7 heteroatoms. The molecule has 0 unspecified atom stereocenters. The summed E-state index contributed by atoms with van der Waals surface area (Å²) in [7, 11) is 0. The van der Waals surface area contributed by atoms with Crippen molar-refractivity contribution in [3.8, 4) is 11.3 Å². The quantitative estimate of drug-likeness (QED) is 0.786. The molecule has 1 aliphatic heterocycles. The Kier molecular flexibility index (Phi) is 5.58. The van der Waals surface area contributed by atoms with Crippen molar-refractivity contribution in [2.45, 2.75) is 58.4 Å². The first-order chi connectivity index (χ1) is 14.7. The molecule has 1 N–H and O–H groups in total. The number of nitrogens with zero attached hydrogens (tertiary/aromatic N) is 3. The van der Waals surface area contributed by atoms with Crippen molar-refractivity contribution in [2.75, 3.05) is 13.2 Å². The Bertz CT molecular complexity index is 976. The first-order valence-corrected chi connectivity index (χ1v) is 10.9. The van der Waals surface area contributed by atoms with E-state index in [1.165, 1.54) is 18.2 Å². The Labute approximate surface area is 181 Å². The molecule has 1 aromatic carbocycles. The van der Waals surface area contributed by atoms with Gasteiger partial charge in [-0.1, -0.05) is 26.8 Å². The third kappa shape index (κ3) is 3.43. The van der Waals surface area contributed by atoms with Gasteiger partial charge >= 0.3 is 0 Å². The van der Waals surface area contributed by atoms with Gasteiger partial charge in [0.2, 0.25) is 5.91 Å². The maximum atomic E-state index is 14.3. The van der Waals surface area contributed by atoms with Crippen molar-refractivity contribution in [1.29, 1.82) is 0 Å². The summed E-state index contributed by atoms with van der Waals surface area (Å²) in [6, 6.07) is 5.31. The Hall–Kier alpha value is -2.41. The van der Waals surface area contributed by atoms with Gasteiger partial charge in [-0.2, -0.15) is 10.2 Å². The minimum absolute atomic E-state index is 0.0132. The average molecular weight is 430 g/mol. The lowest BCUT2D eigenvalue weighted by Gasteiger charge is -2.43. The minimum Gasteiger partial charge on any atom is -0.394 e. The average Bonchev–Trinajstić information content (AvgIpc) is 3.30. The first-order valence-electron chi connectivity index (χ1n) is 10.9. The number of halogens is 2. The van der Waals surface area contributed by atoms with E-state index in [-0.39, 0.29) is 35.7 Å². The van der Waals surface area contributed by atoms with Gasteiger partial charge in [-0.3, -0.25) is 4.79 Å². The molecule has 3 atom stereocenters. The number of amides is 1. The molecule has 0 spiro atoms. The van der Waals surface area contributed by atoms with Crippen LogP contribution >= 0.6 is 0 Å². The number of hydrogen-bond acceptors (Lipinski definition) is 4. The second-order valence-electron chi connectivity index (χ2n) is 9.59. The molecule has 5 nitrogen and oxygen atoms in total. The smallest absolute Gasteiger partial charge is 0.229 e. The minimum atomic E-state index is -0.679. The summed E-state index contributed by atoms with van der Waals surface area (Å²) in [4.78, 5) is 15.4. The summed E-state index contributed by atoms with van der Waals surface area (Å²) in [5, 5.41) is 17.7. The molecule has 1 aliphatic carbocycles. The Balaban J connectivity index is 1.67. The van der Waals surface area contributed by atoms with E-state index in [9.17, 15) is 18.7 Å². The van der Waals surface area contributed by atoms with E-state index in [4.69, 9.17) is 0 Å². The molecular weight excluding hydrogens is 400 g/mol. The largest absolute Gasteiger partial charge is 0.394 e. The highest BCUT2D eigenvalue weighted by Crippen LogP contribution is 2.60. The van der Waals surface area contributed by atoms with Gasteiger partial charge in [0.15, 0.2) is 0 Å². The van der Waals surface area contributed by atoms with E-state index in [0.29, 0.717) is 13.0 Å². The molecule has 166 valence electrons. The van der Waals surface area contributed by atoms with Gasteiger partial charge in [0.1, 0.15) is 11.6 Å². The van der Waals surface area contributed by atoms with Crippen LogP contribution in [0.15, 0.2) is 30.5 Å². The maximum Gasteiger partial charge on any atom is 0.229 e. The van der Waals surface area contributed by atoms with Crippen LogP contribution in [0, 0.1) is 22.5 Å². The van der Waals surface area contributed by atoms with Crippen LogP contribution in [0.1, 0.15) is 57.9 Å². The summed E-state index contributed by atoms with van der Waals surface area (Å²) in [6.45, 7) is 6.83. The second kappa shape index (κ2) is 7.93. The fourth-order valence-corrected chi connectivity index (χ4v) is 5.51. The van der Waals surface area contributed by atoms with Gasteiger partial charge in [0.05, 0.1) is 35.5 Å². The molecule has 0 bridgehead atoms. The predicted molar refractivity (Wildman–Crippen MR) is 113 cm³/mol. The predicted octanol–water partition coefficient (Wildman–Crippen LogP) is 4.32. The van der Waals surface area contributed by atoms with Crippen LogP contribution in [-0.2, 0) is 4.79 Å². The summed E-state index contributed by atoms with van der Waals surface area (Å²) < 4.78 is 28.6. The molecule has 2 heterocycles. The number of aromatic nitrogens is 2. The third-order valence-corrected chi connectivity index (χ3v) is 7.84. The molecule has 31 heavy (non-hydrogen) atoms. The molecule has 4 rings (SSSR count). The number of aliphatic hydroxyl groups excluding tert-OH is 1. The van der Waals surface area contributed by atoms with E-state index in [1.807, 2.05) is 11.8 Å². The number of carbonyl (C=O) groups is 1. The number of aliphatic hydroxyl groups is 1. The Morgan fingerprint density at radius 3 is 2.61 bits per heavy atom. The standard InChI is InChI=1S/C24H29F2N3O2/c1-23(2)17(9-10-24(23,3)22(31)29-11-5-6-16(29)14-30)15-12-20(28-27-13-15)21-18(25)7-4-8-19(21)26/h4,7-8,12-13,16-17,30H,5-6,9-11,14H2,1-3H3/t16-,17+,24+/m0/s1. The third-order valence-electron chi connectivity index (χ3n) is 7.84. The zero-order chi connectivity index (χ0) is 22.4. The van der Waals surface area contributed by atoms with E-state index in [0.717, 1.165) is 24.8 Å². The molecule has 1 saturated carbocycles. The van der Waals surface area contributed by atoms with E-state index in [1.54, 1.807) is 12.3 Å². The van der Waals surface area contributed by atoms with Crippen LogP contribution in [0.5, 0.6) is 0 Å². The van der Waals surface area contributed by atoms with Gasteiger partial charge in [0.25, 0.3) is 0 Å². The summed E-state index contributed by atoms with van der Waals surface area (Å²) >= 11 is 0. The topological polar surface area (TPSA) is 66.3 Å². The van der Waals surface area contributed by atoms with Crippen molar-refractivity contribution in [2.24, 2.45) is 10.8 Å². The fraction of sp³-hybridized carbons (Fsp3) is 0.542. The molecule has 1 aromatic heterocycles. The highest BCUT2D eigenvalue weighted by Gasteiger charge is 2.58. The van der Waals surface area contributed by atoms with Crippen molar-refractivity contribution < 1.29 is 18.7 Å². The van der Waals surface area contributed by atoms with Crippen LogP contribution < -0.4 is 0 Å². The lowest BCUT2D eigenvalue weighted by atomic mass is 9.63. The normalized spacial score (nSPS) is 27.6. The first kappa shape index (κ1) is 21.8. The number of rotatable bonds is 4. The van der Waals surface area contributed by atoms with Crippen molar-refractivity contribution in [3.63, 3.8) is 0 Å². The molecule has 1 saturated heterocycles. The number of likely N-dealkylation sites (tertiary alicyclic amines) is 1. The van der Waals surface area contributed by atoms with Crippen molar-refractivity contribution in [1.82, 2.24) is 15.1 Å². The van der Waals surface area contributed by atoms with Crippen LogP contribution in [0.25, 0.3) is 11.3 Å². The molecular formula is C24H29F2N3O2. The summed E-state index contributed by atoms with van der Waals surface area (Å²) in [5.41, 5.74) is -0.226. The van der Waals surface area contributed by atoms with Gasteiger partial charge in [-0.15, -0.1) is 0 Å². The van der Waals surface area contributed by atoms with Gasteiger partial charge < -0.3 is 10.0 Å². The van der Waals surface area contributed by atoms with Gasteiger partial charge in [0, 0.05) is 6.54 Å². The number of benzene rings is 1. The number of hydrogen-bond donors (Lipinski definition) is 1. The van der Waals surface area contributed by atoms with Crippen molar-refractivity contribution >= 4 is 5.91 Å². The van der Waals surface area contributed by atoms with E-state index in [2.05, 4.69) is 24.0 Å². The second-order valence-corrected chi connectivity index (χ2v) is 9.59.